The van der Waals surface area contributed by atoms with Crippen molar-refractivity contribution in [2.75, 3.05) is 13.7 Å². The standard InChI is InChI=1S/C27H22N4O2S/c1-33-20-9-6-17(7-10-20)23-16-31-24-11-8-18(14-25(24)34-27(31)30-23)26(32)28-13-12-19-15-29-22-5-3-2-4-21(19)22/h2-11,14-16,29H,12-13H2,1H3,(H,28,32). The number of fused-ring (bicyclic) bond motifs is 4. The third kappa shape index (κ3) is 3.60. The Morgan fingerprint density at radius 1 is 1.12 bits per heavy atom. The van der Waals surface area contributed by atoms with Gasteiger partial charge in [0.05, 0.1) is 23.0 Å². The highest BCUT2D eigenvalue weighted by Gasteiger charge is 2.13. The Balaban J connectivity index is 1.18. The van der Waals surface area contributed by atoms with Gasteiger partial charge in [-0.05, 0) is 60.5 Å². The third-order valence-electron chi connectivity index (χ3n) is 6.10. The number of carbonyl (C=O) groups excluding carboxylic acids is 1. The van der Waals surface area contributed by atoms with Gasteiger partial charge in [0.15, 0.2) is 4.96 Å². The molecule has 6 rings (SSSR count). The van der Waals surface area contributed by atoms with Crippen LogP contribution in [0.3, 0.4) is 0 Å². The summed E-state index contributed by atoms with van der Waals surface area (Å²) in [6.45, 7) is 0.581. The molecule has 0 atom stereocenters. The van der Waals surface area contributed by atoms with E-state index in [-0.39, 0.29) is 5.91 Å². The largest absolute Gasteiger partial charge is 0.497 e. The molecule has 3 aromatic heterocycles. The fourth-order valence-corrected chi connectivity index (χ4v) is 5.34. The van der Waals surface area contributed by atoms with Crippen molar-refractivity contribution in [1.82, 2.24) is 19.7 Å². The molecule has 0 unspecified atom stereocenters. The molecule has 0 bridgehead atoms. The molecule has 0 fully saturated rings. The molecule has 0 saturated heterocycles. The maximum absolute atomic E-state index is 12.8. The summed E-state index contributed by atoms with van der Waals surface area (Å²) in [7, 11) is 1.66. The van der Waals surface area contributed by atoms with Gasteiger partial charge in [-0.1, -0.05) is 29.5 Å². The monoisotopic (exact) mass is 466 g/mol. The number of nitrogens with zero attached hydrogens (tertiary/aromatic N) is 2. The van der Waals surface area contributed by atoms with Gasteiger partial charge in [0, 0.05) is 41.0 Å². The molecule has 0 aliphatic carbocycles. The Labute approximate surface area is 199 Å². The van der Waals surface area contributed by atoms with Crippen molar-refractivity contribution >= 4 is 43.3 Å². The van der Waals surface area contributed by atoms with E-state index in [2.05, 4.69) is 26.8 Å². The van der Waals surface area contributed by atoms with Gasteiger partial charge in [-0.25, -0.2) is 4.98 Å². The molecule has 6 nitrogen and oxygen atoms in total. The first-order valence-electron chi connectivity index (χ1n) is 11.1. The number of thiazole rings is 1. The fourth-order valence-electron chi connectivity index (χ4n) is 4.29. The molecule has 0 aliphatic heterocycles. The van der Waals surface area contributed by atoms with Gasteiger partial charge in [0.1, 0.15) is 5.75 Å². The number of hydrogen-bond acceptors (Lipinski definition) is 4. The average Bonchev–Trinajstić information content (AvgIpc) is 3.56. The highest BCUT2D eigenvalue weighted by atomic mass is 32.1. The van der Waals surface area contributed by atoms with E-state index in [1.54, 1.807) is 18.4 Å². The summed E-state index contributed by atoms with van der Waals surface area (Å²) >= 11 is 1.58. The Bertz CT molecular complexity index is 1640. The smallest absolute Gasteiger partial charge is 0.251 e. The summed E-state index contributed by atoms with van der Waals surface area (Å²) in [5.41, 5.74) is 5.98. The molecule has 3 aromatic carbocycles. The van der Waals surface area contributed by atoms with Gasteiger partial charge in [-0.15, -0.1) is 0 Å². The van der Waals surface area contributed by atoms with Crippen molar-refractivity contribution in [3.05, 3.63) is 90.3 Å². The van der Waals surface area contributed by atoms with Gasteiger partial charge in [-0.3, -0.25) is 9.20 Å². The maximum Gasteiger partial charge on any atom is 0.251 e. The lowest BCUT2D eigenvalue weighted by Gasteiger charge is -2.05. The lowest BCUT2D eigenvalue weighted by Crippen LogP contribution is -2.25. The number of carbonyl (C=O) groups is 1. The van der Waals surface area contributed by atoms with Crippen LogP contribution in [-0.4, -0.2) is 33.9 Å². The van der Waals surface area contributed by atoms with Gasteiger partial charge < -0.3 is 15.0 Å². The molecule has 0 saturated carbocycles. The highest BCUT2D eigenvalue weighted by molar-refractivity contribution is 7.23. The van der Waals surface area contributed by atoms with Crippen LogP contribution in [0.25, 0.3) is 37.3 Å². The number of para-hydroxylation sites is 1. The van der Waals surface area contributed by atoms with E-state index in [0.29, 0.717) is 12.1 Å². The van der Waals surface area contributed by atoms with Crippen molar-refractivity contribution in [3.63, 3.8) is 0 Å². The lowest BCUT2D eigenvalue weighted by molar-refractivity contribution is 0.0954. The molecule has 6 aromatic rings. The van der Waals surface area contributed by atoms with Crippen LogP contribution < -0.4 is 10.1 Å². The second-order valence-corrected chi connectivity index (χ2v) is 9.17. The van der Waals surface area contributed by atoms with Crippen LogP contribution in [0.15, 0.2) is 79.1 Å². The number of rotatable bonds is 6. The molecular formula is C27H22N4O2S. The Morgan fingerprint density at radius 3 is 2.82 bits per heavy atom. The molecule has 0 aliphatic rings. The fraction of sp³-hybridized carbons (Fsp3) is 0.111. The molecule has 3 heterocycles. The quantitative estimate of drug-likeness (QED) is 0.332. The molecule has 0 spiro atoms. The van der Waals surface area contributed by atoms with Crippen LogP contribution in [0, 0.1) is 0 Å². The van der Waals surface area contributed by atoms with Crippen LogP contribution in [-0.2, 0) is 6.42 Å². The minimum absolute atomic E-state index is 0.0632. The number of benzene rings is 3. The van der Waals surface area contributed by atoms with Crippen molar-refractivity contribution in [2.24, 2.45) is 0 Å². The zero-order chi connectivity index (χ0) is 23.1. The SMILES string of the molecule is COc1ccc(-c2cn3c(n2)sc2cc(C(=O)NCCc4c[nH]c5ccccc45)ccc23)cc1. The van der Waals surface area contributed by atoms with E-state index in [1.807, 2.05) is 67.0 Å². The van der Waals surface area contributed by atoms with E-state index in [1.165, 1.54) is 10.9 Å². The number of methoxy groups -OCH3 is 1. The minimum Gasteiger partial charge on any atom is -0.497 e. The van der Waals surface area contributed by atoms with Gasteiger partial charge >= 0.3 is 0 Å². The number of amides is 1. The molecule has 0 radical (unpaired) electrons. The predicted octanol–water partition coefficient (Wildman–Crippen LogP) is 5.68. The number of aromatic nitrogens is 3. The Hall–Kier alpha value is -4.10. The van der Waals surface area contributed by atoms with Crippen molar-refractivity contribution < 1.29 is 9.53 Å². The van der Waals surface area contributed by atoms with E-state index >= 15 is 0 Å². The average molecular weight is 467 g/mol. The second kappa shape index (κ2) is 8.35. The minimum atomic E-state index is -0.0632. The normalized spacial score (nSPS) is 11.4. The maximum atomic E-state index is 12.8. The van der Waals surface area contributed by atoms with Gasteiger partial charge in [0.25, 0.3) is 5.91 Å². The molecular weight excluding hydrogens is 444 g/mol. The number of hydrogen-bond donors (Lipinski definition) is 2. The number of aromatic amines is 1. The molecule has 34 heavy (non-hydrogen) atoms. The van der Waals surface area contributed by atoms with Crippen LogP contribution in [0.4, 0.5) is 0 Å². The zero-order valence-corrected chi connectivity index (χ0v) is 19.4. The Morgan fingerprint density at radius 2 is 1.97 bits per heavy atom. The summed E-state index contributed by atoms with van der Waals surface area (Å²) in [6.07, 6.45) is 4.83. The molecule has 1 amide bonds. The van der Waals surface area contributed by atoms with Crippen molar-refractivity contribution in [3.8, 4) is 17.0 Å². The third-order valence-corrected chi connectivity index (χ3v) is 7.11. The lowest BCUT2D eigenvalue weighted by atomic mass is 10.1. The number of imidazole rings is 1. The van der Waals surface area contributed by atoms with E-state index in [9.17, 15) is 4.79 Å². The number of nitrogens with one attached hydrogen (secondary N) is 2. The van der Waals surface area contributed by atoms with Crippen molar-refractivity contribution in [2.45, 2.75) is 6.42 Å². The zero-order valence-electron chi connectivity index (χ0n) is 18.5. The summed E-state index contributed by atoms with van der Waals surface area (Å²) in [5, 5.41) is 4.26. The number of H-pyrrole nitrogens is 1. The van der Waals surface area contributed by atoms with Crippen LogP contribution in [0.1, 0.15) is 15.9 Å². The first-order chi connectivity index (χ1) is 16.7. The first-order valence-corrected chi connectivity index (χ1v) is 11.9. The first kappa shape index (κ1) is 20.5. The van der Waals surface area contributed by atoms with Gasteiger partial charge in [0.2, 0.25) is 0 Å². The van der Waals surface area contributed by atoms with E-state index < -0.39 is 0 Å². The van der Waals surface area contributed by atoms with Crippen LogP contribution in [0.5, 0.6) is 5.75 Å². The van der Waals surface area contributed by atoms with E-state index in [0.717, 1.165) is 44.1 Å². The highest BCUT2D eigenvalue weighted by Crippen LogP contribution is 2.30. The Kier molecular flexibility index (Phi) is 5.04. The van der Waals surface area contributed by atoms with E-state index in [4.69, 9.17) is 9.72 Å². The number of ether oxygens (including phenoxy) is 1. The van der Waals surface area contributed by atoms with Gasteiger partial charge in [-0.2, -0.15) is 0 Å². The predicted molar refractivity (Wildman–Crippen MR) is 137 cm³/mol. The summed E-state index contributed by atoms with van der Waals surface area (Å²) in [6, 6.07) is 21.9. The molecule has 2 N–H and O–H groups in total. The summed E-state index contributed by atoms with van der Waals surface area (Å²) in [5.74, 6) is 0.759. The molecule has 168 valence electrons. The second-order valence-electron chi connectivity index (χ2n) is 8.16. The van der Waals surface area contributed by atoms with Crippen molar-refractivity contribution in [1.29, 1.82) is 0 Å². The summed E-state index contributed by atoms with van der Waals surface area (Å²) in [4.78, 5) is 21.8. The topological polar surface area (TPSA) is 71.4 Å². The molecule has 7 heteroatoms. The van der Waals surface area contributed by atoms with Crippen LogP contribution in [0.2, 0.25) is 0 Å². The summed E-state index contributed by atoms with van der Waals surface area (Å²) < 4.78 is 8.36. The van der Waals surface area contributed by atoms with Crippen LogP contribution >= 0.6 is 11.3 Å².